The number of hydrogen-bond acceptors (Lipinski definition) is 1. The third-order valence-electron chi connectivity index (χ3n) is 4.00. The predicted molar refractivity (Wildman–Crippen MR) is 97.2 cm³/mol. The topological polar surface area (TPSA) is 20.2 Å². The van der Waals surface area contributed by atoms with Crippen LogP contribution in [0.1, 0.15) is 30.0 Å². The summed E-state index contributed by atoms with van der Waals surface area (Å²) in [5.74, 6) is 0.291. The maximum atomic E-state index is 9.61. The second-order valence-corrected chi connectivity index (χ2v) is 5.49. The number of benzene rings is 3. The Bertz CT molecular complexity index is 784. The van der Waals surface area contributed by atoms with E-state index < -0.39 is 0 Å². The zero-order valence-corrected chi connectivity index (χ0v) is 13.2. The molecule has 114 valence electrons. The Hall–Kier alpha value is -2.80. The molecule has 3 aromatic rings. The minimum Gasteiger partial charge on any atom is -0.508 e. The van der Waals surface area contributed by atoms with Crippen molar-refractivity contribution < 1.29 is 5.11 Å². The summed E-state index contributed by atoms with van der Waals surface area (Å²) in [5, 5.41) is 9.61. The van der Waals surface area contributed by atoms with Crippen LogP contribution in [0.5, 0.6) is 5.75 Å². The van der Waals surface area contributed by atoms with Crippen LogP contribution in [-0.2, 0) is 0 Å². The van der Waals surface area contributed by atoms with E-state index in [9.17, 15) is 5.11 Å². The molecular formula is C22H20O. The smallest absolute Gasteiger partial charge is 0.115 e. The first-order chi connectivity index (χ1) is 11.3. The van der Waals surface area contributed by atoms with Crippen molar-refractivity contribution in [2.75, 3.05) is 0 Å². The van der Waals surface area contributed by atoms with E-state index in [0.717, 1.165) is 12.0 Å². The fourth-order valence-electron chi connectivity index (χ4n) is 2.91. The maximum absolute atomic E-state index is 9.61. The molecule has 0 bridgehead atoms. The Morgan fingerprint density at radius 3 is 1.65 bits per heavy atom. The van der Waals surface area contributed by atoms with Crippen molar-refractivity contribution in [2.24, 2.45) is 0 Å². The standard InChI is InChI=1S/C22H20O/c1-2-21(17-9-5-3-6-10-17)22(18-11-7-4-8-12-18)19-13-15-20(23)16-14-19/h3-16,23H,2H2,1H3/b22-21+. The van der Waals surface area contributed by atoms with E-state index in [0.29, 0.717) is 5.75 Å². The van der Waals surface area contributed by atoms with Crippen LogP contribution < -0.4 is 0 Å². The zero-order valence-electron chi connectivity index (χ0n) is 13.2. The van der Waals surface area contributed by atoms with E-state index in [2.05, 4.69) is 55.5 Å². The van der Waals surface area contributed by atoms with Gasteiger partial charge in [-0.1, -0.05) is 79.7 Å². The van der Waals surface area contributed by atoms with Crippen molar-refractivity contribution in [3.63, 3.8) is 0 Å². The summed E-state index contributed by atoms with van der Waals surface area (Å²) in [4.78, 5) is 0. The summed E-state index contributed by atoms with van der Waals surface area (Å²) in [6.07, 6.45) is 0.940. The lowest BCUT2D eigenvalue weighted by Crippen LogP contribution is -1.94. The molecule has 0 aromatic heterocycles. The highest BCUT2D eigenvalue weighted by Crippen LogP contribution is 2.34. The molecule has 0 fully saturated rings. The molecular weight excluding hydrogens is 280 g/mol. The molecule has 0 atom stereocenters. The fraction of sp³-hybridized carbons (Fsp3) is 0.0909. The van der Waals surface area contributed by atoms with Gasteiger partial charge in [-0.05, 0) is 46.4 Å². The molecule has 0 amide bonds. The van der Waals surface area contributed by atoms with E-state index in [1.165, 1.54) is 22.3 Å². The van der Waals surface area contributed by atoms with Gasteiger partial charge in [0, 0.05) is 0 Å². The van der Waals surface area contributed by atoms with Gasteiger partial charge in [0.05, 0.1) is 0 Å². The Morgan fingerprint density at radius 1 is 0.652 bits per heavy atom. The molecule has 0 radical (unpaired) electrons. The molecule has 0 aliphatic rings. The monoisotopic (exact) mass is 300 g/mol. The lowest BCUT2D eigenvalue weighted by Gasteiger charge is -2.16. The van der Waals surface area contributed by atoms with Crippen LogP contribution >= 0.6 is 0 Å². The highest BCUT2D eigenvalue weighted by atomic mass is 16.3. The number of allylic oxidation sites excluding steroid dienone is 1. The molecule has 1 N–H and O–H groups in total. The molecule has 1 heteroatoms. The van der Waals surface area contributed by atoms with E-state index in [4.69, 9.17) is 0 Å². The molecule has 1 nitrogen and oxygen atoms in total. The Morgan fingerprint density at radius 2 is 1.13 bits per heavy atom. The van der Waals surface area contributed by atoms with Gasteiger partial charge < -0.3 is 5.11 Å². The lowest BCUT2D eigenvalue weighted by atomic mass is 9.88. The van der Waals surface area contributed by atoms with E-state index in [1.807, 2.05) is 24.3 Å². The van der Waals surface area contributed by atoms with Crippen molar-refractivity contribution in [1.29, 1.82) is 0 Å². The van der Waals surface area contributed by atoms with Crippen LogP contribution in [0.4, 0.5) is 0 Å². The van der Waals surface area contributed by atoms with Gasteiger partial charge >= 0.3 is 0 Å². The summed E-state index contributed by atoms with van der Waals surface area (Å²) in [6, 6.07) is 28.4. The molecule has 0 unspecified atom stereocenters. The highest BCUT2D eigenvalue weighted by molar-refractivity contribution is 5.98. The third-order valence-corrected chi connectivity index (χ3v) is 4.00. The van der Waals surface area contributed by atoms with Crippen LogP contribution in [0.2, 0.25) is 0 Å². The summed E-state index contributed by atoms with van der Waals surface area (Å²) < 4.78 is 0. The lowest BCUT2D eigenvalue weighted by molar-refractivity contribution is 0.475. The van der Waals surface area contributed by atoms with Gasteiger partial charge in [0.15, 0.2) is 0 Å². The van der Waals surface area contributed by atoms with E-state index in [-0.39, 0.29) is 0 Å². The summed E-state index contributed by atoms with van der Waals surface area (Å²) in [6.45, 7) is 2.19. The highest BCUT2D eigenvalue weighted by Gasteiger charge is 2.12. The number of rotatable bonds is 4. The van der Waals surface area contributed by atoms with E-state index in [1.54, 1.807) is 12.1 Å². The number of phenolic OH excluding ortho intramolecular Hbond substituents is 1. The molecule has 23 heavy (non-hydrogen) atoms. The molecule has 0 saturated heterocycles. The molecule has 0 spiro atoms. The van der Waals surface area contributed by atoms with Crippen LogP contribution in [0.15, 0.2) is 84.9 Å². The van der Waals surface area contributed by atoms with Gasteiger partial charge in [-0.3, -0.25) is 0 Å². The van der Waals surface area contributed by atoms with Crippen LogP contribution in [0, 0.1) is 0 Å². The third kappa shape index (κ3) is 3.35. The van der Waals surface area contributed by atoms with Gasteiger partial charge in [-0.2, -0.15) is 0 Å². The molecule has 0 heterocycles. The fourth-order valence-corrected chi connectivity index (χ4v) is 2.91. The largest absolute Gasteiger partial charge is 0.508 e. The number of phenols is 1. The van der Waals surface area contributed by atoms with Gasteiger partial charge in [0.1, 0.15) is 5.75 Å². The molecule has 3 rings (SSSR count). The number of hydrogen-bond donors (Lipinski definition) is 1. The SMILES string of the molecule is CC/C(=C(/c1ccccc1)c1ccc(O)cc1)c1ccccc1. The molecule has 3 aromatic carbocycles. The Labute approximate surface area is 137 Å². The number of aromatic hydroxyl groups is 1. The van der Waals surface area contributed by atoms with Crippen molar-refractivity contribution in [3.8, 4) is 5.75 Å². The first-order valence-electron chi connectivity index (χ1n) is 7.93. The molecule has 0 aliphatic carbocycles. The minimum absolute atomic E-state index is 0.291. The van der Waals surface area contributed by atoms with Gasteiger partial charge in [-0.25, -0.2) is 0 Å². The molecule has 0 aliphatic heterocycles. The quantitative estimate of drug-likeness (QED) is 0.607. The summed E-state index contributed by atoms with van der Waals surface area (Å²) in [5.41, 5.74) is 6.08. The van der Waals surface area contributed by atoms with Gasteiger partial charge in [-0.15, -0.1) is 0 Å². The first kappa shape index (κ1) is 15.1. The van der Waals surface area contributed by atoms with Crippen molar-refractivity contribution in [1.82, 2.24) is 0 Å². The van der Waals surface area contributed by atoms with Gasteiger partial charge in [0.2, 0.25) is 0 Å². The predicted octanol–water partition coefficient (Wildman–Crippen LogP) is 5.76. The van der Waals surface area contributed by atoms with Crippen LogP contribution in [0.25, 0.3) is 11.1 Å². The van der Waals surface area contributed by atoms with Crippen molar-refractivity contribution in [2.45, 2.75) is 13.3 Å². The Kier molecular flexibility index (Phi) is 4.58. The zero-order chi connectivity index (χ0) is 16.1. The van der Waals surface area contributed by atoms with E-state index >= 15 is 0 Å². The normalized spacial score (nSPS) is 11.9. The second-order valence-electron chi connectivity index (χ2n) is 5.49. The van der Waals surface area contributed by atoms with Crippen molar-refractivity contribution in [3.05, 3.63) is 102 Å². The van der Waals surface area contributed by atoms with Gasteiger partial charge in [0.25, 0.3) is 0 Å². The average molecular weight is 300 g/mol. The summed E-state index contributed by atoms with van der Waals surface area (Å²) in [7, 11) is 0. The summed E-state index contributed by atoms with van der Waals surface area (Å²) >= 11 is 0. The van der Waals surface area contributed by atoms with Crippen molar-refractivity contribution >= 4 is 11.1 Å². The minimum atomic E-state index is 0.291. The molecule has 0 saturated carbocycles. The van der Waals surface area contributed by atoms with Crippen LogP contribution in [-0.4, -0.2) is 5.11 Å². The Balaban J connectivity index is 2.26. The average Bonchev–Trinajstić information content (AvgIpc) is 2.62. The maximum Gasteiger partial charge on any atom is 0.115 e. The first-order valence-corrected chi connectivity index (χ1v) is 7.93. The van der Waals surface area contributed by atoms with Crippen LogP contribution in [0.3, 0.4) is 0 Å². The second kappa shape index (κ2) is 6.97.